The number of nitriles is 1. The molecule has 2 rings (SSSR count). The van der Waals surface area contributed by atoms with Crippen LogP contribution in [0.4, 0.5) is 5.69 Å². The van der Waals surface area contributed by atoms with Crippen LogP contribution in [0.1, 0.15) is 11.3 Å². The molecule has 5 nitrogen and oxygen atoms in total. The lowest BCUT2D eigenvalue weighted by Gasteiger charge is -2.06. The number of aryl methyl sites for hydroxylation is 1. The highest BCUT2D eigenvalue weighted by molar-refractivity contribution is 6.31. The number of benzene rings is 1. The molecular weight excluding hydrogens is 312 g/mol. The Morgan fingerprint density at radius 2 is 2.22 bits per heavy atom. The van der Waals surface area contributed by atoms with Crippen molar-refractivity contribution in [2.75, 3.05) is 5.32 Å². The van der Waals surface area contributed by atoms with Crippen LogP contribution in [0.25, 0.3) is 0 Å². The standard InChI is InChI=1S/C17H15ClN4O/c1-12-5-6-14(8-16(12)18)22-17(23)13(9-19)10-20-11-15-4-2-3-7-21-15/h2-8,10,20H,11H2,1H3,(H,22,23)/b13-10-. The van der Waals surface area contributed by atoms with Crippen LogP contribution in [0.15, 0.2) is 54.4 Å². The minimum absolute atomic E-state index is 0.0300. The van der Waals surface area contributed by atoms with Crippen LogP contribution in [0, 0.1) is 18.3 Å². The maximum Gasteiger partial charge on any atom is 0.267 e. The smallest absolute Gasteiger partial charge is 0.267 e. The summed E-state index contributed by atoms with van der Waals surface area (Å²) >= 11 is 6.01. The molecule has 0 unspecified atom stereocenters. The van der Waals surface area contributed by atoms with E-state index in [0.717, 1.165) is 11.3 Å². The third-order valence-electron chi connectivity index (χ3n) is 3.05. The maximum absolute atomic E-state index is 12.1. The Hall–Kier alpha value is -2.84. The van der Waals surface area contributed by atoms with E-state index in [-0.39, 0.29) is 5.57 Å². The van der Waals surface area contributed by atoms with E-state index < -0.39 is 5.91 Å². The van der Waals surface area contributed by atoms with E-state index in [2.05, 4.69) is 15.6 Å². The van der Waals surface area contributed by atoms with E-state index in [1.165, 1.54) is 6.20 Å². The van der Waals surface area contributed by atoms with Crippen LogP contribution in [0.3, 0.4) is 0 Å². The van der Waals surface area contributed by atoms with Gasteiger partial charge in [0, 0.05) is 23.1 Å². The molecule has 0 saturated carbocycles. The molecule has 0 fully saturated rings. The summed E-state index contributed by atoms with van der Waals surface area (Å²) in [6, 6.07) is 12.6. The number of carbonyl (C=O) groups excluding carboxylic acids is 1. The zero-order valence-corrected chi connectivity index (χ0v) is 13.3. The second-order valence-electron chi connectivity index (χ2n) is 4.79. The number of aromatic nitrogens is 1. The van der Waals surface area contributed by atoms with E-state index in [4.69, 9.17) is 16.9 Å². The van der Waals surface area contributed by atoms with Crippen LogP contribution in [0.2, 0.25) is 5.02 Å². The molecule has 2 N–H and O–H groups in total. The van der Waals surface area contributed by atoms with Crippen molar-refractivity contribution in [1.29, 1.82) is 5.26 Å². The normalized spacial score (nSPS) is 10.7. The quantitative estimate of drug-likeness (QED) is 0.653. The predicted molar refractivity (Wildman–Crippen MR) is 89.6 cm³/mol. The first-order valence-corrected chi connectivity index (χ1v) is 7.29. The Balaban J connectivity index is 1.99. The number of halogens is 1. The predicted octanol–water partition coefficient (Wildman–Crippen LogP) is 3.18. The molecule has 1 heterocycles. The van der Waals surface area contributed by atoms with E-state index in [1.54, 1.807) is 24.4 Å². The molecule has 0 radical (unpaired) electrons. The van der Waals surface area contributed by atoms with E-state index in [0.29, 0.717) is 17.3 Å². The molecule has 0 aliphatic heterocycles. The van der Waals surface area contributed by atoms with Crippen molar-refractivity contribution in [3.63, 3.8) is 0 Å². The zero-order valence-electron chi connectivity index (χ0n) is 12.5. The molecule has 1 aromatic carbocycles. The number of carbonyl (C=O) groups is 1. The maximum atomic E-state index is 12.1. The highest BCUT2D eigenvalue weighted by Gasteiger charge is 2.09. The molecular formula is C17H15ClN4O. The number of hydrogen-bond acceptors (Lipinski definition) is 4. The third-order valence-corrected chi connectivity index (χ3v) is 3.46. The number of pyridine rings is 1. The molecule has 0 saturated heterocycles. The molecule has 1 amide bonds. The first-order chi connectivity index (χ1) is 11.1. The molecule has 0 bridgehead atoms. The molecule has 116 valence electrons. The summed E-state index contributed by atoms with van der Waals surface area (Å²) in [6.07, 6.45) is 3.06. The Kier molecular flexibility index (Phi) is 5.73. The van der Waals surface area contributed by atoms with Gasteiger partial charge in [0.15, 0.2) is 0 Å². The summed E-state index contributed by atoms with van der Waals surface area (Å²) in [5.41, 5.74) is 2.23. The largest absolute Gasteiger partial charge is 0.384 e. The van der Waals surface area contributed by atoms with Crippen LogP contribution in [0.5, 0.6) is 0 Å². The van der Waals surface area contributed by atoms with Gasteiger partial charge in [-0.05, 0) is 36.8 Å². The summed E-state index contributed by atoms with van der Waals surface area (Å²) < 4.78 is 0. The number of rotatable bonds is 5. The van der Waals surface area contributed by atoms with Crippen molar-refractivity contribution in [2.45, 2.75) is 13.5 Å². The summed E-state index contributed by atoms with van der Waals surface area (Å²) in [6.45, 7) is 2.30. The third kappa shape index (κ3) is 4.83. The van der Waals surface area contributed by atoms with E-state index in [9.17, 15) is 4.79 Å². The van der Waals surface area contributed by atoms with Gasteiger partial charge in [-0.25, -0.2) is 0 Å². The van der Waals surface area contributed by atoms with Gasteiger partial charge in [-0.2, -0.15) is 5.26 Å². The monoisotopic (exact) mass is 326 g/mol. The van der Waals surface area contributed by atoms with E-state index >= 15 is 0 Å². The Morgan fingerprint density at radius 3 is 2.87 bits per heavy atom. The molecule has 23 heavy (non-hydrogen) atoms. The number of anilines is 1. The van der Waals surface area contributed by atoms with Crippen molar-refractivity contribution in [3.05, 3.63) is 70.6 Å². The van der Waals surface area contributed by atoms with Crippen LogP contribution in [-0.4, -0.2) is 10.9 Å². The second kappa shape index (κ2) is 7.97. The lowest BCUT2D eigenvalue weighted by Crippen LogP contribution is -2.16. The molecule has 2 aromatic rings. The first kappa shape index (κ1) is 16.5. The Morgan fingerprint density at radius 1 is 1.39 bits per heavy atom. The molecule has 6 heteroatoms. The number of nitrogens with one attached hydrogen (secondary N) is 2. The van der Waals surface area contributed by atoms with Crippen molar-refractivity contribution >= 4 is 23.2 Å². The van der Waals surface area contributed by atoms with Gasteiger partial charge in [-0.1, -0.05) is 23.7 Å². The average Bonchev–Trinajstić information content (AvgIpc) is 2.56. The minimum Gasteiger partial charge on any atom is -0.384 e. The van der Waals surface area contributed by atoms with Crippen molar-refractivity contribution in [3.8, 4) is 6.07 Å². The van der Waals surface area contributed by atoms with Crippen molar-refractivity contribution in [2.24, 2.45) is 0 Å². The van der Waals surface area contributed by atoms with Gasteiger partial charge < -0.3 is 10.6 Å². The van der Waals surface area contributed by atoms with Gasteiger partial charge in [-0.15, -0.1) is 0 Å². The average molecular weight is 327 g/mol. The number of amides is 1. The van der Waals surface area contributed by atoms with Gasteiger partial charge >= 0.3 is 0 Å². The summed E-state index contributed by atoms with van der Waals surface area (Å²) in [7, 11) is 0. The number of nitrogens with zero attached hydrogens (tertiary/aromatic N) is 2. The fourth-order valence-electron chi connectivity index (χ4n) is 1.78. The lowest BCUT2D eigenvalue weighted by molar-refractivity contribution is -0.112. The van der Waals surface area contributed by atoms with Crippen molar-refractivity contribution in [1.82, 2.24) is 10.3 Å². The number of hydrogen-bond donors (Lipinski definition) is 2. The lowest BCUT2D eigenvalue weighted by atomic mass is 10.2. The van der Waals surface area contributed by atoms with Crippen LogP contribution >= 0.6 is 11.6 Å². The highest BCUT2D eigenvalue weighted by Crippen LogP contribution is 2.20. The zero-order chi connectivity index (χ0) is 16.7. The minimum atomic E-state index is -0.499. The highest BCUT2D eigenvalue weighted by atomic mass is 35.5. The molecule has 0 atom stereocenters. The van der Waals surface area contributed by atoms with Crippen LogP contribution in [-0.2, 0) is 11.3 Å². The molecule has 0 aliphatic rings. The molecule has 0 spiro atoms. The topological polar surface area (TPSA) is 77.8 Å². The molecule has 1 aromatic heterocycles. The fourth-order valence-corrected chi connectivity index (χ4v) is 1.96. The summed E-state index contributed by atoms with van der Waals surface area (Å²) in [5, 5.41) is 15.2. The summed E-state index contributed by atoms with van der Waals surface area (Å²) in [4.78, 5) is 16.2. The van der Waals surface area contributed by atoms with Gasteiger partial charge in [-0.3, -0.25) is 9.78 Å². The van der Waals surface area contributed by atoms with Gasteiger partial charge in [0.05, 0.1) is 12.2 Å². The summed E-state index contributed by atoms with van der Waals surface area (Å²) in [5.74, 6) is -0.499. The van der Waals surface area contributed by atoms with Gasteiger partial charge in [0.25, 0.3) is 5.91 Å². The van der Waals surface area contributed by atoms with Crippen molar-refractivity contribution < 1.29 is 4.79 Å². The van der Waals surface area contributed by atoms with E-state index in [1.807, 2.05) is 31.2 Å². The molecule has 0 aliphatic carbocycles. The van der Waals surface area contributed by atoms with Crippen LogP contribution < -0.4 is 10.6 Å². The Labute approximate surface area is 139 Å². The Bertz CT molecular complexity index is 766. The van der Waals surface area contributed by atoms with Gasteiger partial charge in [0.2, 0.25) is 0 Å². The second-order valence-corrected chi connectivity index (χ2v) is 5.20. The van der Waals surface area contributed by atoms with Gasteiger partial charge in [0.1, 0.15) is 11.6 Å². The fraction of sp³-hybridized carbons (Fsp3) is 0.118. The first-order valence-electron chi connectivity index (χ1n) is 6.91. The SMILES string of the molecule is Cc1ccc(NC(=O)/C(C#N)=C\NCc2ccccn2)cc1Cl.